The minimum absolute atomic E-state index is 0.0526. The van der Waals surface area contributed by atoms with Crippen molar-refractivity contribution in [3.05, 3.63) is 89.2 Å². The first-order chi connectivity index (χ1) is 19.6. The van der Waals surface area contributed by atoms with E-state index in [-0.39, 0.29) is 33.9 Å². The summed E-state index contributed by atoms with van der Waals surface area (Å²) >= 11 is 0. The molecule has 3 N–H and O–H groups in total. The van der Waals surface area contributed by atoms with Crippen LogP contribution in [0.5, 0.6) is 0 Å². The number of carbonyl (C=O) groups excluding carboxylic acids is 1. The summed E-state index contributed by atoms with van der Waals surface area (Å²) < 4.78 is 97.8. The van der Waals surface area contributed by atoms with Crippen molar-refractivity contribution in [3.63, 3.8) is 0 Å². The first-order valence-electron chi connectivity index (χ1n) is 11.8. The fraction of sp³-hybridized carbons (Fsp3) is 0.192. The van der Waals surface area contributed by atoms with Crippen LogP contribution in [0.3, 0.4) is 0 Å². The topological polar surface area (TPSA) is 115 Å². The molecule has 0 radical (unpaired) electrons. The number of anilines is 2. The van der Waals surface area contributed by atoms with Crippen LogP contribution in [-0.2, 0) is 11.0 Å². The zero-order valence-corrected chi connectivity index (χ0v) is 21.8. The Morgan fingerprint density at radius 2 is 1.79 bits per heavy atom. The van der Waals surface area contributed by atoms with Crippen LogP contribution < -0.4 is 11.1 Å². The lowest BCUT2D eigenvalue weighted by Crippen LogP contribution is -2.26. The molecule has 4 rings (SSSR count). The van der Waals surface area contributed by atoms with Gasteiger partial charge in [-0.2, -0.15) is 31.4 Å². The SMILES string of the molecule is C=N/C(C)=C(\C=C(/C)c1cc(C(F)(F)F)c2c(N)ncnn12)C(=O)Nc1cn(C(c2ccc(F)cc2)C(F)(F)F)cn1. The molecule has 4 aromatic rings. The van der Waals surface area contributed by atoms with E-state index in [1.165, 1.54) is 19.9 Å². The molecular formula is C26H21F7N8O. The van der Waals surface area contributed by atoms with Crippen LogP contribution in [0.1, 0.15) is 36.7 Å². The van der Waals surface area contributed by atoms with Gasteiger partial charge < -0.3 is 15.6 Å². The van der Waals surface area contributed by atoms with Crippen molar-refractivity contribution < 1.29 is 35.5 Å². The minimum Gasteiger partial charge on any atom is -0.382 e. The van der Waals surface area contributed by atoms with Crippen molar-refractivity contribution in [2.24, 2.45) is 4.99 Å². The smallest absolute Gasteiger partial charge is 0.382 e. The maximum absolute atomic E-state index is 13.9. The molecular weight excluding hydrogens is 573 g/mol. The third-order valence-corrected chi connectivity index (χ3v) is 6.16. The summed E-state index contributed by atoms with van der Waals surface area (Å²) in [5.41, 5.74) is 3.78. The molecule has 1 aromatic carbocycles. The van der Waals surface area contributed by atoms with E-state index in [1.54, 1.807) is 0 Å². The first kappa shape index (κ1) is 30.0. The normalized spacial score (nSPS) is 14.1. The zero-order valence-electron chi connectivity index (χ0n) is 21.8. The third-order valence-electron chi connectivity index (χ3n) is 6.16. The van der Waals surface area contributed by atoms with E-state index < -0.39 is 47.0 Å². The monoisotopic (exact) mass is 594 g/mol. The summed E-state index contributed by atoms with van der Waals surface area (Å²) in [6.45, 7) is 6.17. The highest BCUT2D eigenvalue weighted by Gasteiger charge is 2.42. The number of hydrogen-bond donors (Lipinski definition) is 2. The number of alkyl halides is 6. The largest absolute Gasteiger partial charge is 0.418 e. The van der Waals surface area contributed by atoms with Crippen LogP contribution >= 0.6 is 0 Å². The van der Waals surface area contributed by atoms with Gasteiger partial charge >= 0.3 is 12.4 Å². The second-order valence-electron chi connectivity index (χ2n) is 8.99. The van der Waals surface area contributed by atoms with Gasteiger partial charge in [-0.25, -0.2) is 18.9 Å². The van der Waals surface area contributed by atoms with Crippen LogP contribution in [-0.4, -0.2) is 43.0 Å². The molecule has 9 nitrogen and oxygen atoms in total. The highest BCUT2D eigenvalue weighted by Crippen LogP contribution is 2.38. The number of allylic oxidation sites excluding steroid dienone is 2. The molecule has 0 saturated heterocycles. The van der Waals surface area contributed by atoms with Crippen molar-refractivity contribution >= 4 is 35.4 Å². The Hall–Kier alpha value is -5.02. The van der Waals surface area contributed by atoms with Crippen LogP contribution in [0, 0.1) is 5.82 Å². The Kier molecular flexibility index (Phi) is 7.91. The predicted octanol–water partition coefficient (Wildman–Crippen LogP) is 5.83. The van der Waals surface area contributed by atoms with E-state index in [0.717, 1.165) is 53.7 Å². The molecule has 3 heterocycles. The molecule has 1 unspecified atom stereocenters. The molecule has 220 valence electrons. The van der Waals surface area contributed by atoms with Gasteiger partial charge in [-0.1, -0.05) is 12.1 Å². The third kappa shape index (κ3) is 6.01. The lowest BCUT2D eigenvalue weighted by Gasteiger charge is -2.21. The van der Waals surface area contributed by atoms with E-state index in [9.17, 15) is 35.5 Å². The van der Waals surface area contributed by atoms with Crippen molar-refractivity contribution in [1.29, 1.82) is 0 Å². The van der Waals surface area contributed by atoms with Gasteiger partial charge in [0.05, 0.1) is 23.2 Å². The average molecular weight is 594 g/mol. The van der Waals surface area contributed by atoms with Crippen LogP contribution in [0.15, 0.2) is 71.5 Å². The molecule has 1 atom stereocenters. The number of amides is 1. The van der Waals surface area contributed by atoms with Crippen LogP contribution in [0.4, 0.5) is 42.4 Å². The lowest BCUT2D eigenvalue weighted by atomic mass is 10.1. The Morgan fingerprint density at radius 3 is 2.38 bits per heavy atom. The molecule has 0 aliphatic carbocycles. The minimum atomic E-state index is -4.80. The molecule has 1 amide bonds. The molecule has 0 bridgehead atoms. The van der Waals surface area contributed by atoms with Crippen molar-refractivity contribution in [3.8, 4) is 0 Å². The van der Waals surface area contributed by atoms with Gasteiger partial charge in [0.25, 0.3) is 5.91 Å². The van der Waals surface area contributed by atoms with Crippen molar-refractivity contribution in [2.75, 3.05) is 11.1 Å². The summed E-state index contributed by atoms with van der Waals surface area (Å²) in [5.74, 6) is -2.29. The number of aliphatic imine (C=N–C) groups is 1. The predicted molar refractivity (Wildman–Crippen MR) is 140 cm³/mol. The molecule has 0 aliphatic heterocycles. The fourth-order valence-corrected chi connectivity index (χ4v) is 4.18. The molecule has 42 heavy (non-hydrogen) atoms. The number of nitrogens with one attached hydrogen (secondary N) is 1. The Morgan fingerprint density at radius 1 is 1.12 bits per heavy atom. The maximum atomic E-state index is 13.9. The summed E-state index contributed by atoms with van der Waals surface area (Å²) in [6, 6.07) is 2.30. The fourth-order valence-electron chi connectivity index (χ4n) is 4.18. The van der Waals surface area contributed by atoms with Gasteiger partial charge in [0.2, 0.25) is 0 Å². The second kappa shape index (κ2) is 11.1. The van der Waals surface area contributed by atoms with Gasteiger partial charge in [-0.15, -0.1) is 0 Å². The lowest BCUT2D eigenvalue weighted by molar-refractivity contribution is -0.157. The number of fused-ring (bicyclic) bond motifs is 1. The van der Waals surface area contributed by atoms with E-state index in [2.05, 4.69) is 32.1 Å². The molecule has 3 aromatic heterocycles. The van der Waals surface area contributed by atoms with E-state index in [4.69, 9.17) is 5.73 Å². The number of rotatable bonds is 7. The first-order valence-corrected chi connectivity index (χ1v) is 11.8. The van der Waals surface area contributed by atoms with Gasteiger partial charge in [0.1, 0.15) is 17.7 Å². The van der Waals surface area contributed by atoms with Gasteiger partial charge in [-0.3, -0.25) is 9.79 Å². The van der Waals surface area contributed by atoms with Crippen LogP contribution in [0.2, 0.25) is 0 Å². The van der Waals surface area contributed by atoms with Gasteiger partial charge in [0.15, 0.2) is 17.7 Å². The highest BCUT2D eigenvalue weighted by molar-refractivity contribution is 6.07. The highest BCUT2D eigenvalue weighted by atomic mass is 19.4. The maximum Gasteiger partial charge on any atom is 0.418 e. The Labute approximate surface area is 232 Å². The number of aromatic nitrogens is 5. The average Bonchev–Trinajstić information content (AvgIpc) is 3.52. The van der Waals surface area contributed by atoms with Crippen molar-refractivity contribution in [2.45, 2.75) is 32.2 Å². The number of nitrogens with two attached hydrogens (primary N) is 1. The Bertz CT molecular complexity index is 1710. The molecule has 0 spiro atoms. The summed E-state index contributed by atoms with van der Waals surface area (Å²) in [7, 11) is 0. The summed E-state index contributed by atoms with van der Waals surface area (Å²) in [4.78, 5) is 24.4. The standard InChI is InChI=1S/C26H21F7N8O/c1-13(19-9-18(25(28,29)30)21-23(34)36-11-38-41(19)21)8-17(14(2)35-3)24(42)39-20-10-40(12-37-20)22(26(31,32)33)15-4-6-16(27)7-5-15/h4-12,22H,3H2,1-2H3,(H,39,42)(H2,34,36,38)/b13-8+,17-14+. The number of hydrogen-bond acceptors (Lipinski definition) is 6. The number of imidazole rings is 1. The van der Waals surface area contributed by atoms with Gasteiger partial charge in [-0.05, 0) is 56.0 Å². The number of nitrogen functional groups attached to an aromatic ring is 1. The molecule has 0 fully saturated rings. The van der Waals surface area contributed by atoms with Crippen molar-refractivity contribution in [1.82, 2.24) is 24.1 Å². The quantitative estimate of drug-likeness (QED) is 0.121. The molecule has 16 heteroatoms. The zero-order chi connectivity index (χ0) is 31.0. The molecule has 0 aliphatic rings. The number of nitrogens with zero attached hydrogens (tertiary/aromatic N) is 6. The van der Waals surface area contributed by atoms with E-state index in [1.807, 2.05) is 0 Å². The molecule has 0 saturated carbocycles. The second-order valence-corrected chi connectivity index (χ2v) is 8.99. The summed E-state index contributed by atoms with van der Waals surface area (Å²) in [5, 5.41) is 6.21. The van der Waals surface area contributed by atoms with Gasteiger partial charge in [0, 0.05) is 11.9 Å². The Balaban J connectivity index is 1.69. The number of halogens is 7. The van der Waals surface area contributed by atoms with E-state index in [0.29, 0.717) is 4.57 Å². The number of carbonyl (C=O) groups is 1. The van der Waals surface area contributed by atoms with Crippen LogP contribution in [0.25, 0.3) is 11.1 Å². The van der Waals surface area contributed by atoms with E-state index >= 15 is 0 Å². The number of benzene rings is 1. The summed E-state index contributed by atoms with van der Waals surface area (Å²) in [6.07, 6.45) is -5.63.